The van der Waals surface area contributed by atoms with E-state index in [1.165, 1.54) is 0 Å². The minimum absolute atomic E-state index is 0.284. The molecule has 0 aromatic rings. The van der Waals surface area contributed by atoms with Gasteiger partial charge >= 0.3 is 0 Å². The number of hydrogen-bond donors (Lipinski definition) is 1. The van der Waals surface area contributed by atoms with Crippen LogP contribution in [0.2, 0.25) is 0 Å². The molecule has 0 spiro atoms. The van der Waals surface area contributed by atoms with Gasteiger partial charge < -0.3 is 5.32 Å². The van der Waals surface area contributed by atoms with Crippen LogP contribution in [0.4, 0.5) is 0 Å². The van der Waals surface area contributed by atoms with Gasteiger partial charge in [-0.3, -0.25) is 0 Å². The SMILES string of the molecule is C#CC(CCC)NCCSC. The van der Waals surface area contributed by atoms with Crippen molar-refractivity contribution in [1.29, 1.82) is 0 Å². The van der Waals surface area contributed by atoms with Gasteiger partial charge in [0.1, 0.15) is 0 Å². The predicted molar refractivity (Wildman–Crippen MR) is 53.9 cm³/mol. The van der Waals surface area contributed by atoms with E-state index in [2.05, 4.69) is 24.4 Å². The molecule has 0 saturated heterocycles. The lowest BCUT2D eigenvalue weighted by Gasteiger charge is -2.10. The van der Waals surface area contributed by atoms with E-state index in [-0.39, 0.29) is 6.04 Å². The van der Waals surface area contributed by atoms with Crippen molar-refractivity contribution in [2.24, 2.45) is 0 Å². The Kier molecular flexibility index (Phi) is 7.88. The molecule has 1 atom stereocenters. The van der Waals surface area contributed by atoms with E-state index in [1.807, 2.05) is 11.8 Å². The van der Waals surface area contributed by atoms with Gasteiger partial charge in [-0.25, -0.2) is 0 Å². The molecule has 0 saturated carbocycles. The summed E-state index contributed by atoms with van der Waals surface area (Å²) in [5, 5.41) is 3.31. The Hall–Kier alpha value is -0.130. The molecule has 11 heavy (non-hydrogen) atoms. The second-order valence-corrected chi connectivity index (χ2v) is 3.44. The van der Waals surface area contributed by atoms with E-state index in [1.54, 1.807) is 0 Å². The summed E-state index contributed by atoms with van der Waals surface area (Å²) in [6, 6.07) is 0.284. The molecule has 0 bridgehead atoms. The lowest BCUT2D eigenvalue weighted by Crippen LogP contribution is -2.29. The average Bonchev–Trinajstić information content (AvgIpc) is 2.03. The maximum Gasteiger partial charge on any atom is 0.0687 e. The highest BCUT2D eigenvalue weighted by atomic mass is 32.2. The van der Waals surface area contributed by atoms with Gasteiger partial charge in [0.15, 0.2) is 0 Å². The molecule has 2 heteroatoms. The van der Waals surface area contributed by atoms with Crippen molar-refractivity contribution >= 4 is 11.8 Å². The fraction of sp³-hybridized carbons (Fsp3) is 0.778. The molecular weight excluding hydrogens is 154 g/mol. The van der Waals surface area contributed by atoms with Crippen LogP contribution in [0, 0.1) is 12.3 Å². The van der Waals surface area contributed by atoms with Crippen LogP contribution in [0.5, 0.6) is 0 Å². The summed E-state index contributed by atoms with van der Waals surface area (Å²) in [6.45, 7) is 3.18. The first-order chi connectivity index (χ1) is 5.35. The first-order valence-corrected chi connectivity index (χ1v) is 5.43. The van der Waals surface area contributed by atoms with Gasteiger partial charge in [0, 0.05) is 12.3 Å². The van der Waals surface area contributed by atoms with Gasteiger partial charge in [-0.15, -0.1) is 6.42 Å². The van der Waals surface area contributed by atoms with Gasteiger partial charge in [0.25, 0.3) is 0 Å². The minimum atomic E-state index is 0.284. The van der Waals surface area contributed by atoms with Crippen molar-refractivity contribution < 1.29 is 0 Å². The monoisotopic (exact) mass is 171 g/mol. The molecule has 1 unspecified atom stereocenters. The maximum absolute atomic E-state index is 5.32. The summed E-state index contributed by atoms with van der Waals surface area (Å²) < 4.78 is 0. The third-order valence-electron chi connectivity index (χ3n) is 1.48. The lowest BCUT2D eigenvalue weighted by atomic mass is 10.2. The van der Waals surface area contributed by atoms with Gasteiger partial charge in [-0.1, -0.05) is 19.3 Å². The zero-order valence-corrected chi connectivity index (χ0v) is 8.21. The fourth-order valence-electron chi connectivity index (χ4n) is 0.868. The molecule has 1 nitrogen and oxygen atoms in total. The molecule has 0 aliphatic rings. The van der Waals surface area contributed by atoms with Crippen molar-refractivity contribution in [3.8, 4) is 12.3 Å². The third-order valence-corrected chi connectivity index (χ3v) is 2.09. The molecule has 0 aliphatic carbocycles. The van der Waals surface area contributed by atoms with Crippen LogP contribution < -0.4 is 5.32 Å². The summed E-state index contributed by atoms with van der Waals surface area (Å²) in [5.74, 6) is 3.88. The molecule has 0 aromatic heterocycles. The van der Waals surface area contributed by atoms with Gasteiger partial charge in [0.05, 0.1) is 6.04 Å². The third kappa shape index (κ3) is 6.28. The Bertz CT molecular complexity index is 117. The summed E-state index contributed by atoms with van der Waals surface area (Å²) in [5.41, 5.74) is 0. The highest BCUT2D eigenvalue weighted by Crippen LogP contribution is 1.95. The molecule has 0 heterocycles. The quantitative estimate of drug-likeness (QED) is 0.482. The van der Waals surface area contributed by atoms with Crippen LogP contribution in [0.1, 0.15) is 19.8 Å². The van der Waals surface area contributed by atoms with Crippen molar-refractivity contribution in [2.45, 2.75) is 25.8 Å². The highest BCUT2D eigenvalue weighted by Gasteiger charge is 1.99. The molecule has 0 aromatic carbocycles. The van der Waals surface area contributed by atoms with Crippen molar-refractivity contribution in [2.75, 3.05) is 18.6 Å². The van der Waals surface area contributed by atoms with Crippen molar-refractivity contribution in [1.82, 2.24) is 5.32 Å². The van der Waals surface area contributed by atoms with Crippen LogP contribution in [-0.2, 0) is 0 Å². The van der Waals surface area contributed by atoms with Gasteiger partial charge in [-0.2, -0.15) is 11.8 Å². The molecule has 0 rings (SSSR count). The maximum atomic E-state index is 5.32. The fourth-order valence-corrected chi connectivity index (χ4v) is 1.19. The topological polar surface area (TPSA) is 12.0 Å². The van der Waals surface area contributed by atoms with E-state index in [0.717, 1.165) is 25.1 Å². The Balaban J connectivity index is 3.30. The van der Waals surface area contributed by atoms with Crippen LogP contribution in [0.25, 0.3) is 0 Å². The average molecular weight is 171 g/mol. The van der Waals surface area contributed by atoms with E-state index in [4.69, 9.17) is 6.42 Å². The zero-order valence-electron chi connectivity index (χ0n) is 7.39. The van der Waals surface area contributed by atoms with E-state index < -0.39 is 0 Å². The second-order valence-electron chi connectivity index (χ2n) is 2.45. The number of terminal acetylenes is 1. The summed E-state index contributed by atoms with van der Waals surface area (Å²) >= 11 is 1.84. The number of thioether (sulfide) groups is 1. The molecule has 0 radical (unpaired) electrons. The lowest BCUT2D eigenvalue weighted by molar-refractivity contribution is 0.584. The molecular formula is C9H17NS. The Morgan fingerprint density at radius 2 is 2.36 bits per heavy atom. The smallest absolute Gasteiger partial charge is 0.0687 e. The zero-order chi connectivity index (χ0) is 8.53. The van der Waals surface area contributed by atoms with Gasteiger partial charge in [0.2, 0.25) is 0 Å². The van der Waals surface area contributed by atoms with E-state index in [9.17, 15) is 0 Å². The van der Waals surface area contributed by atoms with E-state index in [0.29, 0.717) is 0 Å². The van der Waals surface area contributed by atoms with Crippen molar-refractivity contribution in [3.05, 3.63) is 0 Å². The highest BCUT2D eigenvalue weighted by molar-refractivity contribution is 7.98. The summed E-state index contributed by atoms with van der Waals surface area (Å²) in [6.07, 6.45) is 9.67. The summed E-state index contributed by atoms with van der Waals surface area (Å²) in [4.78, 5) is 0. The molecule has 0 amide bonds. The number of hydrogen-bond acceptors (Lipinski definition) is 2. The van der Waals surface area contributed by atoms with Crippen molar-refractivity contribution in [3.63, 3.8) is 0 Å². The van der Waals surface area contributed by atoms with Crippen LogP contribution in [-0.4, -0.2) is 24.6 Å². The Morgan fingerprint density at radius 3 is 2.82 bits per heavy atom. The number of rotatable bonds is 6. The second kappa shape index (κ2) is 7.97. The van der Waals surface area contributed by atoms with Gasteiger partial charge in [-0.05, 0) is 12.7 Å². The standard InChI is InChI=1S/C9H17NS/c1-4-6-9(5-2)10-7-8-11-3/h2,9-10H,4,6-8H2,1,3H3. The first kappa shape index (κ1) is 10.9. The Labute approximate surface area is 74.3 Å². The van der Waals surface area contributed by atoms with Crippen LogP contribution >= 0.6 is 11.8 Å². The minimum Gasteiger partial charge on any atom is -0.303 e. The number of nitrogens with one attached hydrogen (secondary N) is 1. The summed E-state index contributed by atoms with van der Waals surface area (Å²) in [7, 11) is 0. The molecule has 1 N–H and O–H groups in total. The predicted octanol–water partition coefficient (Wildman–Crippen LogP) is 1.74. The molecule has 0 fully saturated rings. The normalized spacial score (nSPS) is 12.5. The molecule has 64 valence electrons. The van der Waals surface area contributed by atoms with Crippen LogP contribution in [0.15, 0.2) is 0 Å². The Morgan fingerprint density at radius 1 is 1.64 bits per heavy atom. The largest absolute Gasteiger partial charge is 0.303 e. The van der Waals surface area contributed by atoms with Crippen LogP contribution in [0.3, 0.4) is 0 Å². The van der Waals surface area contributed by atoms with E-state index >= 15 is 0 Å². The molecule has 0 aliphatic heterocycles. The first-order valence-electron chi connectivity index (χ1n) is 4.03.